The van der Waals surface area contributed by atoms with E-state index in [2.05, 4.69) is 5.32 Å². The smallest absolute Gasteiger partial charge is 0.134 e. The molecule has 2 nitrogen and oxygen atoms in total. The number of halogens is 1. The third kappa shape index (κ3) is 2.86. The molecule has 1 aliphatic heterocycles. The van der Waals surface area contributed by atoms with E-state index in [4.69, 9.17) is 11.6 Å². The summed E-state index contributed by atoms with van der Waals surface area (Å²) in [6, 6.07) is 5.51. The summed E-state index contributed by atoms with van der Waals surface area (Å²) in [6.45, 7) is 2.24. The number of nitrogens with one attached hydrogen (secondary N) is 1. The number of hydrogen-bond acceptors (Lipinski definition) is 2. The Kier molecular flexibility index (Phi) is 3.49. The Bertz CT molecular complexity index is 334. The van der Waals surface area contributed by atoms with E-state index in [9.17, 15) is 5.11 Å². The van der Waals surface area contributed by atoms with Gasteiger partial charge in [0.15, 0.2) is 0 Å². The summed E-state index contributed by atoms with van der Waals surface area (Å²) in [6.07, 6.45) is 3.54. The fourth-order valence-corrected chi connectivity index (χ4v) is 2.30. The van der Waals surface area contributed by atoms with Crippen LogP contribution in [-0.2, 0) is 6.42 Å². The van der Waals surface area contributed by atoms with Gasteiger partial charge in [-0.3, -0.25) is 0 Å². The molecule has 82 valence electrons. The highest BCUT2D eigenvalue weighted by Crippen LogP contribution is 2.26. The van der Waals surface area contributed by atoms with E-state index < -0.39 is 0 Å². The van der Waals surface area contributed by atoms with E-state index in [1.165, 1.54) is 18.4 Å². The fraction of sp³-hybridized carbons (Fsp3) is 0.500. The Morgan fingerprint density at radius 2 is 2.07 bits per heavy atom. The molecule has 1 saturated heterocycles. The summed E-state index contributed by atoms with van der Waals surface area (Å²) in [5.74, 6) is 0.928. The van der Waals surface area contributed by atoms with Gasteiger partial charge in [0.1, 0.15) is 5.75 Å². The van der Waals surface area contributed by atoms with E-state index in [1.807, 2.05) is 12.1 Å². The van der Waals surface area contributed by atoms with Crippen LogP contribution < -0.4 is 5.32 Å². The lowest BCUT2D eigenvalue weighted by Crippen LogP contribution is -2.28. The maximum Gasteiger partial charge on any atom is 0.134 e. The van der Waals surface area contributed by atoms with Crippen LogP contribution in [0.2, 0.25) is 5.02 Å². The van der Waals surface area contributed by atoms with E-state index in [0.717, 1.165) is 25.4 Å². The molecule has 1 fully saturated rings. The first-order valence-corrected chi connectivity index (χ1v) is 5.81. The van der Waals surface area contributed by atoms with E-state index >= 15 is 0 Å². The van der Waals surface area contributed by atoms with E-state index in [1.54, 1.807) is 6.07 Å². The number of phenols is 1. The molecule has 0 amide bonds. The Labute approximate surface area is 95.3 Å². The van der Waals surface area contributed by atoms with Gasteiger partial charge in [0.05, 0.1) is 5.02 Å². The first kappa shape index (κ1) is 10.8. The summed E-state index contributed by atoms with van der Waals surface area (Å²) < 4.78 is 0. The highest BCUT2D eigenvalue weighted by atomic mass is 35.5. The van der Waals surface area contributed by atoms with Crippen molar-refractivity contribution in [1.29, 1.82) is 0 Å². The first-order chi connectivity index (χ1) is 7.25. The molecule has 1 aromatic rings. The Balaban J connectivity index is 2.00. The summed E-state index contributed by atoms with van der Waals surface area (Å²) in [5.41, 5.74) is 1.23. The predicted octanol–water partition coefficient (Wildman–Crippen LogP) is 2.59. The van der Waals surface area contributed by atoms with Crippen LogP contribution in [0.3, 0.4) is 0 Å². The van der Waals surface area contributed by atoms with Gasteiger partial charge >= 0.3 is 0 Å². The maximum absolute atomic E-state index is 9.31. The molecule has 2 N–H and O–H groups in total. The molecule has 0 aliphatic carbocycles. The quantitative estimate of drug-likeness (QED) is 0.811. The number of aromatic hydroxyl groups is 1. The zero-order valence-corrected chi connectivity index (χ0v) is 9.43. The average molecular weight is 226 g/mol. The van der Waals surface area contributed by atoms with Crippen molar-refractivity contribution in [3.05, 3.63) is 28.8 Å². The molecule has 0 atom stereocenters. The highest BCUT2D eigenvalue weighted by Gasteiger charge is 2.13. The monoisotopic (exact) mass is 225 g/mol. The average Bonchev–Trinajstić information content (AvgIpc) is 2.25. The molecule has 0 bridgehead atoms. The van der Waals surface area contributed by atoms with Gasteiger partial charge in [-0.05, 0) is 56.0 Å². The third-order valence-corrected chi connectivity index (χ3v) is 3.30. The molecule has 1 aliphatic rings. The molecular weight excluding hydrogens is 210 g/mol. The minimum atomic E-state index is 0.172. The van der Waals surface area contributed by atoms with E-state index in [-0.39, 0.29) is 5.75 Å². The summed E-state index contributed by atoms with van der Waals surface area (Å²) in [4.78, 5) is 0. The van der Waals surface area contributed by atoms with Crippen LogP contribution in [0.1, 0.15) is 18.4 Å². The lowest BCUT2D eigenvalue weighted by atomic mass is 9.91. The normalized spacial score (nSPS) is 17.9. The van der Waals surface area contributed by atoms with Crippen LogP contribution in [0.5, 0.6) is 5.75 Å². The molecule has 3 heteroatoms. The molecule has 0 spiro atoms. The minimum absolute atomic E-state index is 0.172. The molecule has 15 heavy (non-hydrogen) atoms. The van der Waals surface area contributed by atoms with Crippen molar-refractivity contribution < 1.29 is 5.11 Å². The summed E-state index contributed by atoms with van der Waals surface area (Å²) >= 11 is 5.87. The SMILES string of the molecule is Oc1ccc(CC2CCNCC2)cc1Cl. The molecule has 0 radical (unpaired) electrons. The first-order valence-electron chi connectivity index (χ1n) is 5.44. The second kappa shape index (κ2) is 4.86. The van der Waals surface area contributed by atoms with Crippen LogP contribution in [0.4, 0.5) is 0 Å². The molecule has 0 aromatic heterocycles. The van der Waals surface area contributed by atoms with Crippen molar-refractivity contribution >= 4 is 11.6 Å². The van der Waals surface area contributed by atoms with Gasteiger partial charge in [-0.25, -0.2) is 0 Å². The van der Waals surface area contributed by atoms with Crippen molar-refractivity contribution in [2.75, 3.05) is 13.1 Å². The number of rotatable bonds is 2. The molecule has 1 aromatic carbocycles. The maximum atomic E-state index is 9.31. The molecule has 0 saturated carbocycles. The summed E-state index contributed by atoms with van der Waals surface area (Å²) in [7, 11) is 0. The molecule has 0 unspecified atom stereocenters. The van der Waals surface area contributed by atoms with Crippen LogP contribution in [0.15, 0.2) is 18.2 Å². The van der Waals surface area contributed by atoms with Crippen molar-refractivity contribution in [2.24, 2.45) is 5.92 Å². The lowest BCUT2D eigenvalue weighted by molar-refractivity contribution is 0.372. The van der Waals surface area contributed by atoms with E-state index in [0.29, 0.717) is 5.02 Å². The topological polar surface area (TPSA) is 32.3 Å². The van der Waals surface area contributed by atoms with Crippen molar-refractivity contribution in [2.45, 2.75) is 19.3 Å². The highest BCUT2D eigenvalue weighted by molar-refractivity contribution is 6.32. The third-order valence-electron chi connectivity index (χ3n) is 3.00. The second-order valence-electron chi connectivity index (χ2n) is 4.18. The number of piperidine rings is 1. The Morgan fingerprint density at radius 3 is 2.73 bits per heavy atom. The Hall–Kier alpha value is -0.730. The van der Waals surface area contributed by atoms with Gasteiger partial charge in [-0.15, -0.1) is 0 Å². The second-order valence-corrected chi connectivity index (χ2v) is 4.59. The van der Waals surface area contributed by atoms with Crippen molar-refractivity contribution in [1.82, 2.24) is 5.32 Å². The minimum Gasteiger partial charge on any atom is -0.506 e. The van der Waals surface area contributed by atoms with Gasteiger partial charge in [-0.1, -0.05) is 17.7 Å². The summed E-state index contributed by atoms with van der Waals surface area (Å²) in [5, 5.41) is 13.1. The zero-order chi connectivity index (χ0) is 10.7. The van der Waals surface area contributed by atoms with Gasteiger partial charge < -0.3 is 10.4 Å². The fourth-order valence-electron chi connectivity index (χ4n) is 2.10. The standard InChI is InChI=1S/C12H16ClNO/c13-11-8-10(1-2-12(11)15)7-9-3-5-14-6-4-9/h1-2,8-9,14-15H,3-7H2. The van der Waals surface area contributed by atoms with Crippen LogP contribution in [0.25, 0.3) is 0 Å². The van der Waals surface area contributed by atoms with Crippen LogP contribution in [0, 0.1) is 5.92 Å². The number of phenolic OH excluding ortho intramolecular Hbond substituents is 1. The van der Waals surface area contributed by atoms with Gasteiger partial charge in [-0.2, -0.15) is 0 Å². The predicted molar refractivity (Wildman–Crippen MR) is 62.4 cm³/mol. The zero-order valence-electron chi connectivity index (χ0n) is 8.67. The van der Waals surface area contributed by atoms with Gasteiger partial charge in [0, 0.05) is 0 Å². The largest absolute Gasteiger partial charge is 0.506 e. The van der Waals surface area contributed by atoms with Crippen LogP contribution >= 0.6 is 11.6 Å². The molecule has 1 heterocycles. The molecule has 2 rings (SSSR count). The van der Waals surface area contributed by atoms with Gasteiger partial charge in [0.2, 0.25) is 0 Å². The Morgan fingerprint density at radius 1 is 1.33 bits per heavy atom. The molecular formula is C12H16ClNO. The van der Waals surface area contributed by atoms with Crippen LogP contribution in [-0.4, -0.2) is 18.2 Å². The van der Waals surface area contributed by atoms with Crippen molar-refractivity contribution in [3.8, 4) is 5.75 Å². The van der Waals surface area contributed by atoms with Crippen molar-refractivity contribution in [3.63, 3.8) is 0 Å². The lowest BCUT2D eigenvalue weighted by Gasteiger charge is -2.22. The number of hydrogen-bond donors (Lipinski definition) is 2. The van der Waals surface area contributed by atoms with Gasteiger partial charge in [0.25, 0.3) is 0 Å². The number of benzene rings is 1.